The van der Waals surface area contributed by atoms with Crippen LogP contribution >= 0.6 is 11.8 Å². The molecule has 0 aromatic rings. The van der Waals surface area contributed by atoms with E-state index in [1.165, 1.54) is 0 Å². The average molecular weight is 194 g/mol. The Labute approximate surface area is 74.9 Å². The van der Waals surface area contributed by atoms with Crippen LogP contribution in [-0.4, -0.2) is 39.7 Å². The Hall–Kier alpha value is -0.300. The average Bonchev–Trinajstić information content (AvgIpc) is 1.96. The molecule has 0 fully saturated rings. The third-order valence-corrected chi connectivity index (χ3v) is 2.07. The minimum atomic E-state index is -1.47. The molecule has 5 nitrogen and oxygen atoms in total. The van der Waals surface area contributed by atoms with Crippen LogP contribution in [0.2, 0.25) is 0 Å². The largest absolute Gasteiger partial charge is 0.548 e. The van der Waals surface area contributed by atoms with Crippen molar-refractivity contribution in [3.05, 3.63) is 0 Å². The van der Waals surface area contributed by atoms with Crippen LogP contribution in [0.15, 0.2) is 0 Å². The zero-order valence-corrected chi connectivity index (χ0v) is 7.58. The number of carboxylic acids is 1. The SMILES string of the molecule is CSCCC[C@@H](C(=O)[O-])N(O)O. The number of nitrogens with zero attached hydrogens (tertiary/aromatic N) is 1. The lowest BCUT2D eigenvalue weighted by Gasteiger charge is -2.20. The fourth-order valence-electron chi connectivity index (χ4n) is 0.749. The Morgan fingerprint density at radius 2 is 2.25 bits per heavy atom. The van der Waals surface area contributed by atoms with Crippen molar-refractivity contribution in [3.8, 4) is 0 Å². The van der Waals surface area contributed by atoms with Crippen LogP contribution in [0.5, 0.6) is 0 Å². The summed E-state index contributed by atoms with van der Waals surface area (Å²) in [5.74, 6) is -0.682. The molecule has 0 aromatic carbocycles. The quantitative estimate of drug-likeness (QED) is 0.431. The van der Waals surface area contributed by atoms with E-state index in [4.69, 9.17) is 10.4 Å². The molecule has 0 radical (unpaired) electrons. The van der Waals surface area contributed by atoms with E-state index in [1.807, 2.05) is 6.26 Å². The molecule has 12 heavy (non-hydrogen) atoms. The van der Waals surface area contributed by atoms with Crippen molar-refractivity contribution in [3.63, 3.8) is 0 Å². The second-order valence-corrected chi connectivity index (χ2v) is 3.28. The molecule has 1 atom stereocenters. The van der Waals surface area contributed by atoms with Gasteiger partial charge in [-0.2, -0.15) is 11.8 Å². The summed E-state index contributed by atoms with van der Waals surface area (Å²) in [6.07, 6.45) is 2.68. The van der Waals surface area contributed by atoms with E-state index in [2.05, 4.69) is 0 Å². The first-order valence-corrected chi connectivity index (χ1v) is 4.85. The zero-order chi connectivity index (χ0) is 9.56. The van der Waals surface area contributed by atoms with Crippen LogP contribution in [0.1, 0.15) is 12.8 Å². The predicted octanol–water partition coefficient (Wildman–Crippen LogP) is -0.671. The Morgan fingerprint density at radius 3 is 2.58 bits per heavy atom. The summed E-state index contributed by atoms with van der Waals surface area (Å²) < 4.78 is 0. The number of carbonyl (C=O) groups excluding carboxylic acids is 1. The van der Waals surface area contributed by atoms with Gasteiger partial charge in [-0.15, -0.1) is 0 Å². The van der Waals surface area contributed by atoms with Gasteiger partial charge in [0.1, 0.15) is 6.04 Å². The van der Waals surface area contributed by atoms with Crippen LogP contribution in [0, 0.1) is 0 Å². The molecule has 2 N–H and O–H groups in total. The highest BCUT2D eigenvalue weighted by Crippen LogP contribution is 2.05. The molecule has 0 unspecified atom stereocenters. The Balaban J connectivity index is 3.72. The third kappa shape index (κ3) is 4.55. The minimum Gasteiger partial charge on any atom is -0.548 e. The fraction of sp³-hybridized carbons (Fsp3) is 0.833. The van der Waals surface area contributed by atoms with E-state index >= 15 is 0 Å². The highest BCUT2D eigenvalue weighted by atomic mass is 32.2. The van der Waals surface area contributed by atoms with E-state index in [9.17, 15) is 9.90 Å². The van der Waals surface area contributed by atoms with Crippen molar-refractivity contribution in [1.82, 2.24) is 5.23 Å². The maximum Gasteiger partial charge on any atom is 0.102 e. The first kappa shape index (κ1) is 11.7. The van der Waals surface area contributed by atoms with Crippen molar-refractivity contribution < 1.29 is 20.3 Å². The fourth-order valence-corrected chi connectivity index (χ4v) is 1.20. The lowest BCUT2D eigenvalue weighted by molar-refractivity contribution is -0.364. The summed E-state index contributed by atoms with van der Waals surface area (Å²) in [5, 5.41) is 26.8. The Kier molecular flexibility index (Phi) is 6.09. The van der Waals surface area contributed by atoms with Crippen LogP contribution in [0.4, 0.5) is 0 Å². The maximum atomic E-state index is 10.3. The summed E-state index contributed by atoms with van der Waals surface area (Å²) in [4.78, 5) is 10.3. The summed E-state index contributed by atoms with van der Waals surface area (Å²) in [5.41, 5.74) is 0. The molecule has 0 aliphatic rings. The van der Waals surface area contributed by atoms with Gasteiger partial charge >= 0.3 is 0 Å². The summed E-state index contributed by atoms with van der Waals surface area (Å²) >= 11 is 1.57. The number of rotatable bonds is 6. The molecule has 0 heterocycles. The van der Waals surface area contributed by atoms with Crippen LogP contribution in [-0.2, 0) is 4.79 Å². The van der Waals surface area contributed by atoms with E-state index in [1.54, 1.807) is 11.8 Å². The highest BCUT2D eigenvalue weighted by Gasteiger charge is 2.15. The number of thioether (sulfide) groups is 1. The number of hydrogen-bond acceptors (Lipinski definition) is 6. The van der Waals surface area contributed by atoms with Crippen LogP contribution in [0.3, 0.4) is 0 Å². The molecule has 0 aliphatic carbocycles. The van der Waals surface area contributed by atoms with Crippen LogP contribution in [0.25, 0.3) is 0 Å². The molecule has 72 valence electrons. The molecular weight excluding hydrogens is 182 g/mol. The van der Waals surface area contributed by atoms with Crippen molar-refractivity contribution in [2.45, 2.75) is 18.9 Å². The molecular formula is C6H12NO4S-. The highest BCUT2D eigenvalue weighted by molar-refractivity contribution is 7.98. The van der Waals surface area contributed by atoms with Crippen molar-refractivity contribution in [1.29, 1.82) is 0 Å². The van der Waals surface area contributed by atoms with Gasteiger partial charge in [-0.3, -0.25) is 10.4 Å². The Morgan fingerprint density at radius 1 is 1.67 bits per heavy atom. The lowest BCUT2D eigenvalue weighted by Crippen LogP contribution is -2.45. The second kappa shape index (κ2) is 6.24. The van der Waals surface area contributed by atoms with Crippen LogP contribution < -0.4 is 5.11 Å². The van der Waals surface area contributed by atoms with Crippen molar-refractivity contribution in [2.24, 2.45) is 0 Å². The molecule has 0 amide bonds. The van der Waals surface area contributed by atoms with Gasteiger partial charge in [0.2, 0.25) is 0 Å². The second-order valence-electron chi connectivity index (χ2n) is 2.29. The number of carbonyl (C=O) groups is 1. The number of hydroxylamine groups is 2. The van der Waals surface area contributed by atoms with Gasteiger partial charge in [0.25, 0.3) is 0 Å². The Bertz CT molecular complexity index is 142. The molecule has 0 aliphatic heterocycles. The number of aliphatic carboxylic acids is 1. The third-order valence-electron chi connectivity index (χ3n) is 1.38. The van der Waals surface area contributed by atoms with E-state index < -0.39 is 12.0 Å². The molecule has 0 aromatic heterocycles. The van der Waals surface area contributed by atoms with Gasteiger partial charge in [-0.05, 0) is 24.9 Å². The van der Waals surface area contributed by atoms with E-state index in [0.717, 1.165) is 5.75 Å². The summed E-state index contributed by atoms with van der Waals surface area (Å²) in [7, 11) is 0. The summed E-state index contributed by atoms with van der Waals surface area (Å²) in [6.45, 7) is 0. The first-order valence-electron chi connectivity index (χ1n) is 3.46. The smallest absolute Gasteiger partial charge is 0.102 e. The van der Waals surface area contributed by atoms with Gasteiger partial charge in [0.05, 0.1) is 5.97 Å². The van der Waals surface area contributed by atoms with Gasteiger partial charge in [-0.1, -0.05) is 5.23 Å². The lowest BCUT2D eigenvalue weighted by atomic mass is 10.2. The number of hydrogen-bond donors (Lipinski definition) is 2. The maximum absolute atomic E-state index is 10.3. The molecule has 0 rings (SSSR count). The first-order chi connectivity index (χ1) is 5.59. The monoisotopic (exact) mass is 194 g/mol. The van der Waals surface area contributed by atoms with E-state index in [0.29, 0.717) is 6.42 Å². The zero-order valence-electron chi connectivity index (χ0n) is 6.77. The van der Waals surface area contributed by atoms with E-state index in [-0.39, 0.29) is 11.6 Å². The molecule has 0 spiro atoms. The van der Waals surface area contributed by atoms with Crippen molar-refractivity contribution >= 4 is 17.7 Å². The van der Waals surface area contributed by atoms with Gasteiger partial charge in [-0.25, -0.2) is 0 Å². The summed E-state index contributed by atoms with van der Waals surface area (Å²) in [6, 6.07) is -1.32. The predicted molar refractivity (Wildman–Crippen MR) is 41.8 cm³/mol. The van der Waals surface area contributed by atoms with Crippen molar-refractivity contribution in [2.75, 3.05) is 12.0 Å². The minimum absolute atomic E-state index is 0.177. The topological polar surface area (TPSA) is 83.8 Å². The van der Waals surface area contributed by atoms with Gasteiger partial charge < -0.3 is 9.90 Å². The van der Waals surface area contributed by atoms with Gasteiger partial charge in [0.15, 0.2) is 0 Å². The molecule has 0 bridgehead atoms. The molecule has 6 heteroatoms. The standard InChI is InChI=1S/C6H13NO4S/c1-12-4-2-3-5(6(8)9)7(10)11/h5,10-11H,2-4H2,1H3,(H,8,9)/p-1/t5-/m0/s1. The number of carboxylic acid groups (broad SMARTS) is 1. The molecule has 0 saturated heterocycles. The normalized spacial score (nSPS) is 13.3. The molecule has 0 saturated carbocycles. The van der Waals surface area contributed by atoms with Gasteiger partial charge in [0, 0.05) is 0 Å².